The van der Waals surface area contributed by atoms with E-state index in [9.17, 15) is 19.2 Å². The Kier molecular flexibility index (Phi) is 7.64. The second kappa shape index (κ2) is 10.6. The fraction of sp³-hybridized carbons (Fsp3) is 0.889. The minimum absolute atomic E-state index is 0.000556. The number of carbonyl (C=O) groups is 4. The largest absolute Gasteiger partial charge is 0.458 e. The van der Waals surface area contributed by atoms with Gasteiger partial charge in [-0.05, 0) is 122 Å². The van der Waals surface area contributed by atoms with Crippen LogP contribution < -0.4 is 0 Å². The molecule has 0 aromatic rings. The summed E-state index contributed by atoms with van der Waals surface area (Å²) in [5, 5.41) is 0. The molecule has 13 atom stereocenters. The fourth-order valence-corrected chi connectivity index (χ4v) is 10.9. The Bertz CT molecular complexity index is 1170. The summed E-state index contributed by atoms with van der Waals surface area (Å²) in [6.45, 7) is 15.5. The van der Waals surface area contributed by atoms with E-state index in [2.05, 4.69) is 13.8 Å². The molecule has 0 aromatic heterocycles. The van der Waals surface area contributed by atoms with Gasteiger partial charge in [-0.2, -0.15) is 0 Å². The topological polar surface area (TPSA) is 96.0 Å². The third-order valence-corrected chi connectivity index (χ3v) is 13.9. The van der Waals surface area contributed by atoms with Gasteiger partial charge in [0.2, 0.25) is 0 Å². The second-order valence-electron chi connectivity index (χ2n) is 16.6. The first kappa shape index (κ1) is 31.1. The number of ether oxygens (including phenoxy) is 3. The van der Waals surface area contributed by atoms with Crippen molar-refractivity contribution in [2.24, 2.45) is 70.0 Å². The lowest BCUT2D eigenvalue weighted by atomic mass is 9.65. The summed E-state index contributed by atoms with van der Waals surface area (Å²) in [7, 11) is 0. The van der Waals surface area contributed by atoms with Crippen LogP contribution in [0.2, 0.25) is 0 Å². The molecule has 0 amide bonds. The lowest BCUT2D eigenvalue weighted by Crippen LogP contribution is -2.49. The van der Waals surface area contributed by atoms with Crippen LogP contribution in [-0.2, 0) is 33.4 Å². The summed E-state index contributed by atoms with van der Waals surface area (Å²) in [5.74, 6) is 4.16. The normalized spacial score (nSPS) is 44.6. The van der Waals surface area contributed by atoms with Crippen LogP contribution in [-0.4, -0.2) is 41.5 Å². The van der Waals surface area contributed by atoms with Crippen molar-refractivity contribution < 1.29 is 33.4 Å². The summed E-state index contributed by atoms with van der Waals surface area (Å²) in [6, 6.07) is 0. The van der Waals surface area contributed by atoms with Crippen molar-refractivity contribution in [3.63, 3.8) is 0 Å². The Hall–Kier alpha value is -1.92. The predicted molar refractivity (Wildman–Crippen MR) is 160 cm³/mol. The number of carbonyl (C=O) groups excluding carboxylic acids is 4. The molecule has 13 unspecified atom stereocenters. The van der Waals surface area contributed by atoms with Gasteiger partial charge < -0.3 is 14.2 Å². The summed E-state index contributed by atoms with van der Waals surface area (Å²) in [6.07, 6.45) is 9.41. The summed E-state index contributed by atoms with van der Waals surface area (Å²) in [4.78, 5) is 48.9. The maximum atomic E-state index is 12.7. The Labute approximate surface area is 257 Å². The van der Waals surface area contributed by atoms with E-state index in [1.54, 1.807) is 0 Å². The van der Waals surface area contributed by atoms with Gasteiger partial charge in [0.1, 0.15) is 23.6 Å². The molecule has 7 heteroatoms. The molecule has 7 fully saturated rings. The number of rotatable bonds is 8. The molecule has 1 heterocycles. The van der Waals surface area contributed by atoms with E-state index in [0.717, 1.165) is 55.3 Å². The van der Waals surface area contributed by atoms with Crippen LogP contribution >= 0.6 is 0 Å². The van der Waals surface area contributed by atoms with E-state index in [1.165, 1.54) is 32.6 Å². The Morgan fingerprint density at radius 1 is 0.860 bits per heavy atom. The van der Waals surface area contributed by atoms with Crippen molar-refractivity contribution in [3.8, 4) is 0 Å². The average Bonchev–Trinajstić information content (AvgIpc) is 3.81. The van der Waals surface area contributed by atoms with Crippen LogP contribution in [0, 0.1) is 70.0 Å². The Morgan fingerprint density at radius 3 is 2.09 bits per heavy atom. The van der Waals surface area contributed by atoms with E-state index >= 15 is 0 Å². The van der Waals surface area contributed by atoms with Gasteiger partial charge in [0, 0.05) is 23.7 Å². The summed E-state index contributed by atoms with van der Waals surface area (Å²) < 4.78 is 17.4. The minimum Gasteiger partial charge on any atom is -0.458 e. The monoisotopic (exact) mass is 598 g/mol. The number of hydrogen-bond donors (Lipinski definition) is 0. The van der Waals surface area contributed by atoms with Crippen LogP contribution in [0.25, 0.3) is 0 Å². The highest BCUT2D eigenvalue weighted by molar-refractivity contribution is 5.89. The van der Waals surface area contributed by atoms with Crippen molar-refractivity contribution in [1.29, 1.82) is 0 Å². The van der Waals surface area contributed by atoms with Crippen LogP contribution in [0.3, 0.4) is 0 Å². The van der Waals surface area contributed by atoms with Gasteiger partial charge in [-0.3, -0.25) is 19.2 Å². The SMILES string of the molecule is CCC(C)(C)C(=O)OC1(CC)CC2CC1C1C3CCC(C3)C21.CCC(C)(C)C(=O)OC1C2CC3C1OC(=O)C3C2C(C)=O. The number of fused-ring (bicyclic) bond motifs is 10. The molecule has 1 saturated heterocycles. The molecule has 240 valence electrons. The molecular weight excluding hydrogens is 544 g/mol. The molecule has 0 spiro atoms. The highest BCUT2D eigenvalue weighted by Gasteiger charge is 2.70. The van der Waals surface area contributed by atoms with Crippen LogP contribution in [0.4, 0.5) is 0 Å². The number of esters is 3. The molecule has 43 heavy (non-hydrogen) atoms. The third-order valence-electron chi connectivity index (χ3n) is 13.9. The molecule has 6 aliphatic carbocycles. The zero-order valence-corrected chi connectivity index (χ0v) is 27.6. The average molecular weight is 599 g/mol. The Morgan fingerprint density at radius 2 is 1.49 bits per heavy atom. The van der Waals surface area contributed by atoms with Crippen molar-refractivity contribution in [1.82, 2.24) is 0 Å². The lowest BCUT2D eigenvalue weighted by molar-refractivity contribution is -0.183. The van der Waals surface area contributed by atoms with E-state index in [0.29, 0.717) is 12.3 Å². The van der Waals surface area contributed by atoms with Gasteiger partial charge in [0.15, 0.2) is 0 Å². The molecule has 7 aliphatic rings. The van der Waals surface area contributed by atoms with Crippen LogP contribution in [0.15, 0.2) is 0 Å². The van der Waals surface area contributed by atoms with Gasteiger partial charge >= 0.3 is 17.9 Å². The van der Waals surface area contributed by atoms with E-state index in [1.807, 2.05) is 34.6 Å². The van der Waals surface area contributed by atoms with Gasteiger partial charge in [0.05, 0.1) is 16.7 Å². The maximum absolute atomic E-state index is 12.7. The highest BCUT2D eigenvalue weighted by Crippen LogP contribution is 2.71. The highest BCUT2D eigenvalue weighted by atomic mass is 16.6. The Balaban J connectivity index is 0.000000153. The zero-order chi connectivity index (χ0) is 31.2. The molecule has 0 N–H and O–H groups in total. The van der Waals surface area contributed by atoms with Crippen molar-refractivity contribution in [2.45, 2.75) is 131 Å². The van der Waals surface area contributed by atoms with Gasteiger partial charge in [-0.1, -0.05) is 20.8 Å². The van der Waals surface area contributed by atoms with E-state index in [4.69, 9.17) is 14.2 Å². The molecule has 0 aromatic carbocycles. The van der Waals surface area contributed by atoms with Crippen LogP contribution in [0.1, 0.15) is 113 Å². The summed E-state index contributed by atoms with van der Waals surface area (Å²) in [5.41, 5.74) is -1.02. The smallest absolute Gasteiger partial charge is 0.312 e. The summed E-state index contributed by atoms with van der Waals surface area (Å²) >= 11 is 0. The first-order valence-corrected chi connectivity index (χ1v) is 17.3. The molecule has 6 saturated carbocycles. The van der Waals surface area contributed by atoms with Crippen LogP contribution in [0.5, 0.6) is 0 Å². The fourth-order valence-electron chi connectivity index (χ4n) is 10.9. The van der Waals surface area contributed by atoms with E-state index < -0.39 is 11.5 Å². The standard InChI is InChI=1S/C20H32O2.C16H22O5/c1-5-19(3,4)18(21)22-20(6-2)11-14-10-15(20)17-13-8-7-12(9-13)16(14)17;1-5-16(3,4)15(19)21-13-8-6-9-11(10(8)7(2)17)14(18)20-12(9)13/h12-17H,5-11H2,1-4H3;8-13H,5-6H2,1-4H3. The molecule has 6 bridgehead atoms. The lowest BCUT2D eigenvalue weighted by Gasteiger charge is -2.46. The maximum Gasteiger partial charge on any atom is 0.312 e. The zero-order valence-electron chi connectivity index (χ0n) is 27.6. The quantitative estimate of drug-likeness (QED) is 0.178. The number of hydrogen-bond acceptors (Lipinski definition) is 7. The molecular formula is C36H54O7. The number of ketones is 1. The first-order valence-electron chi connectivity index (χ1n) is 17.3. The minimum atomic E-state index is -0.560. The third kappa shape index (κ3) is 4.63. The molecule has 0 radical (unpaired) electrons. The predicted octanol–water partition coefficient (Wildman–Crippen LogP) is 6.55. The van der Waals surface area contributed by atoms with Gasteiger partial charge in [0.25, 0.3) is 0 Å². The molecule has 7 nitrogen and oxygen atoms in total. The first-order chi connectivity index (χ1) is 20.2. The van der Waals surface area contributed by atoms with Crippen molar-refractivity contribution in [2.75, 3.05) is 0 Å². The second-order valence-corrected chi connectivity index (χ2v) is 16.6. The van der Waals surface area contributed by atoms with E-state index in [-0.39, 0.29) is 64.5 Å². The van der Waals surface area contributed by atoms with Crippen molar-refractivity contribution >= 4 is 23.7 Å². The molecule has 1 aliphatic heterocycles. The molecule has 7 rings (SSSR count). The van der Waals surface area contributed by atoms with Crippen molar-refractivity contribution in [3.05, 3.63) is 0 Å². The van der Waals surface area contributed by atoms with Gasteiger partial charge in [-0.15, -0.1) is 0 Å². The number of Topliss-reactive ketones (excluding diaryl/α,β-unsaturated/α-hetero) is 1. The van der Waals surface area contributed by atoms with Gasteiger partial charge in [-0.25, -0.2) is 0 Å².